The summed E-state index contributed by atoms with van der Waals surface area (Å²) in [5, 5.41) is 8.85. The molecule has 9 nitrogen and oxygen atoms in total. The minimum Gasteiger partial charge on any atom is -0.379 e. The fraction of sp³-hybridized carbons (Fsp3) is 0.207. The van der Waals surface area contributed by atoms with Gasteiger partial charge in [0.2, 0.25) is 0 Å². The van der Waals surface area contributed by atoms with E-state index in [4.69, 9.17) is 16.3 Å². The minimum absolute atomic E-state index is 0.246. The van der Waals surface area contributed by atoms with Gasteiger partial charge in [-0.05, 0) is 47.5 Å². The maximum atomic E-state index is 12.9. The highest BCUT2D eigenvalue weighted by Gasteiger charge is 2.14. The lowest BCUT2D eigenvalue weighted by Crippen LogP contribution is -2.35. The highest BCUT2D eigenvalue weighted by molar-refractivity contribution is 6.30. The molecule has 0 radical (unpaired) electrons. The van der Waals surface area contributed by atoms with Crippen LogP contribution < -0.4 is 10.9 Å². The lowest BCUT2D eigenvalue weighted by molar-refractivity contribution is 0.0342. The van der Waals surface area contributed by atoms with Crippen LogP contribution in [-0.2, 0) is 17.8 Å². The van der Waals surface area contributed by atoms with Crippen LogP contribution in [-0.4, -0.2) is 56.9 Å². The predicted octanol–water partition coefficient (Wildman–Crippen LogP) is 4.51. The molecular formula is C29H27ClN6O3. The molecule has 10 heteroatoms. The molecule has 198 valence electrons. The second-order valence-corrected chi connectivity index (χ2v) is 10.1. The first-order valence-corrected chi connectivity index (χ1v) is 13.1. The number of rotatable bonds is 7. The van der Waals surface area contributed by atoms with Crippen molar-refractivity contribution < 1.29 is 9.53 Å². The summed E-state index contributed by atoms with van der Waals surface area (Å²) in [4.78, 5) is 34.1. The van der Waals surface area contributed by atoms with Crippen molar-refractivity contribution in [3.8, 4) is 11.3 Å². The van der Waals surface area contributed by atoms with Crippen LogP contribution >= 0.6 is 11.6 Å². The third kappa shape index (κ3) is 5.80. The molecule has 0 spiro atoms. The highest BCUT2D eigenvalue weighted by atomic mass is 35.5. The number of hydrogen-bond acceptors (Lipinski definition) is 5. The number of nitrogens with one attached hydrogen (secondary N) is 3. The molecule has 1 amide bonds. The molecule has 0 bridgehead atoms. The number of morpholine rings is 1. The highest BCUT2D eigenvalue weighted by Crippen LogP contribution is 2.25. The van der Waals surface area contributed by atoms with E-state index in [2.05, 4.69) is 37.4 Å². The SMILES string of the molecule is O=C(Nc1c[nH]c(=O)c(-c2cc3cc(CN4CCOCC4)ccc3[nH]2)c1)c1cnn(Cc2ccc(Cl)cc2)c1. The Labute approximate surface area is 229 Å². The number of carbonyl (C=O) groups is 1. The van der Waals surface area contributed by atoms with Gasteiger partial charge < -0.3 is 20.0 Å². The zero-order chi connectivity index (χ0) is 26.8. The molecule has 2 aromatic carbocycles. The van der Waals surface area contributed by atoms with Crippen molar-refractivity contribution in [3.05, 3.63) is 105 Å². The Morgan fingerprint density at radius 2 is 1.82 bits per heavy atom. The van der Waals surface area contributed by atoms with E-state index in [1.54, 1.807) is 16.9 Å². The summed E-state index contributed by atoms with van der Waals surface area (Å²) >= 11 is 5.95. The summed E-state index contributed by atoms with van der Waals surface area (Å²) in [7, 11) is 0. The number of aromatic amines is 2. The van der Waals surface area contributed by atoms with Crippen LogP contribution in [0.5, 0.6) is 0 Å². The number of benzene rings is 2. The zero-order valence-electron chi connectivity index (χ0n) is 21.1. The lowest BCUT2D eigenvalue weighted by Gasteiger charge is -2.26. The number of anilines is 1. The van der Waals surface area contributed by atoms with Gasteiger partial charge in [0, 0.05) is 48.0 Å². The van der Waals surface area contributed by atoms with E-state index < -0.39 is 0 Å². The van der Waals surface area contributed by atoms with Crippen molar-refractivity contribution in [2.24, 2.45) is 0 Å². The number of ether oxygens (including phenoxy) is 1. The summed E-state index contributed by atoms with van der Waals surface area (Å²) in [6.45, 7) is 4.75. The van der Waals surface area contributed by atoms with Gasteiger partial charge in [0.05, 0.1) is 48.5 Å². The largest absolute Gasteiger partial charge is 0.379 e. The fourth-order valence-corrected chi connectivity index (χ4v) is 4.87. The number of aromatic nitrogens is 4. The normalized spacial score (nSPS) is 14.1. The summed E-state index contributed by atoms with van der Waals surface area (Å²) in [6, 6.07) is 17.4. The first kappa shape index (κ1) is 25.1. The Morgan fingerprint density at radius 3 is 2.64 bits per heavy atom. The van der Waals surface area contributed by atoms with E-state index in [0.29, 0.717) is 34.1 Å². The summed E-state index contributed by atoms with van der Waals surface area (Å²) in [5.41, 5.74) is 4.94. The van der Waals surface area contributed by atoms with Gasteiger partial charge in [-0.3, -0.25) is 19.2 Å². The van der Waals surface area contributed by atoms with Crippen LogP contribution in [0.3, 0.4) is 0 Å². The third-order valence-corrected chi connectivity index (χ3v) is 7.05. The van der Waals surface area contributed by atoms with Gasteiger partial charge >= 0.3 is 0 Å². The van der Waals surface area contributed by atoms with Crippen molar-refractivity contribution in [2.75, 3.05) is 31.6 Å². The molecule has 1 aliphatic rings. The monoisotopic (exact) mass is 542 g/mol. The van der Waals surface area contributed by atoms with Gasteiger partial charge in [0.1, 0.15) is 0 Å². The Balaban J connectivity index is 1.17. The molecule has 3 N–H and O–H groups in total. The number of nitrogens with zero attached hydrogens (tertiary/aromatic N) is 3. The molecule has 3 aromatic heterocycles. The Hall–Kier alpha value is -4.18. The standard InChI is InChI=1S/C29H27ClN6O3/c30-23-4-1-19(2-5-23)17-36-18-22(14-32-36)28(37)33-24-13-25(29(38)31-15-24)27-12-21-11-20(3-6-26(21)34-27)16-35-7-9-39-10-8-35/h1-6,11-15,18,34H,7-10,16-17H2,(H,31,38)(H,33,37). The molecule has 4 heterocycles. The zero-order valence-corrected chi connectivity index (χ0v) is 21.9. The molecule has 0 unspecified atom stereocenters. The molecule has 0 aliphatic carbocycles. The number of carbonyl (C=O) groups excluding carboxylic acids is 1. The Bertz CT molecular complexity index is 1680. The van der Waals surface area contributed by atoms with E-state index in [1.807, 2.05) is 36.4 Å². The molecular weight excluding hydrogens is 516 g/mol. The van der Waals surface area contributed by atoms with Gasteiger partial charge in [-0.15, -0.1) is 0 Å². The molecule has 6 rings (SSSR count). The van der Waals surface area contributed by atoms with Crippen molar-refractivity contribution in [1.29, 1.82) is 0 Å². The quantitative estimate of drug-likeness (QED) is 0.280. The topological polar surface area (TPSA) is 108 Å². The van der Waals surface area contributed by atoms with E-state index in [-0.39, 0.29) is 11.5 Å². The maximum Gasteiger partial charge on any atom is 0.258 e. The van der Waals surface area contributed by atoms with Crippen molar-refractivity contribution in [2.45, 2.75) is 13.1 Å². The summed E-state index contributed by atoms with van der Waals surface area (Å²) in [6.07, 6.45) is 4.69. The number of fused-ring (bicyclic) bond motifs is 1. The fourth-order valence-electron chi connectivity index (χ4n) is 4.75. The number of halogens is 1. The number of pyridine rings is 1. The molecule has 39 heavy (non-hydrogen) atoms. The first-order valence-electron chi connectivity index (χ1n) is 12.7. The Morgan fingerprint density at radius 1 is 1.03 bits per heavy atom. The van der Waals surface area contributed by atoms with Gasteiger partial charge in [0.25, 0.3) is 11.5 Å². The van der Waals surface area contributed by atoms with Crippen LogP contribution in [0.15, 0.2) is 78.0 Å². The summed E-state index contributed by atoms with van der Waals surface area (Å²) < 4.78 is 7.13. The maximum absolute atomic E-state index is 12.9. The van der Waals surface area contributed by atoms with Crippen LogP contribution in [0.1, 0.15) is 21.5 Å². The number of hydrogen-bond donors (Lipinski definition) is 3. The molecule has 5 aromatic rings. The molecule has 1 aliphatic heterocycles. The number of amides is 1. The first-order chi connectivity index (χ1) is 19.0. The average molecular weight is 543 g/mol. The number of H-pyrrole nitrogens is 2. The third-order valence-electron chi connectivity index (χ3n) is 6.80. The second-order valence-electron chi connectivity index (χ2n) is 9.63. The van der Waals surface area contributed by atoms with E-state index in [9.17, 15) is 9.59 Å². The van der Waals surface area contributed by atoms with Crippen LogP contribution in [0.2, 0.25) is 5.02 Å². The smallest absolute Gasteiger partial charge is 0.258 e. The predicted molar refractivity (Wildman–Crippen MR) is 151 cm³/mol. The lowest BCUT2D eigenvalue weighted by atomic mass is 10.1. The molecule has 0 saturated carbocycles. The average Bonchev–Trinajstić information content (AvgIpc) is 3.59. The van der Waals surface area contributed by atoms with Gasteiger partial charge in [-0.1, -0.05) is 29.8 Å². The van der Waals surface area contributed by atoms with Crippen LogP contribution in [0.25, 0.3) is 22.2 Å². The van der Waals surface area contributed by atoms with Gasteiger partial charge in [0.15, 0.2) is 0 Å². The van der Waals surface area contributed by atoms with Crippen LogP contribution in [0, 0.1) is 0 Å². The van der Waals surface area contributed by atoms with E-state index >= 15 is 0 Å². The van der Waals surface area contributed by atoms with E-state index in [0.717, 1.165) is 49.3 Å². The molecule has 1 fully saturated rings. The summed E-state index contributed by atoms with van der Waals surface area (Å²) in [5.74, 6) is -0.320. The Kier molecular flexibility index (Phi) is 7.02. The molecule has 1 saturated heterocycles. The van der Waals surface area contributed by atoms with E-state index in [1.165, 1.54) is 18.0 Å². The van der Waals surface area contributed by atoms with Crippen molar-refractivity contribution >= 4 is 34.1 Å². The van der Waals surface area contributed by atoms with Crippen molar-refractivity contribution in [1.82, 2.24) is 24.6 Å². The van der Waals surface area contributed by atoms with Gasteiger partial charge in [-0.2, -0.15) is 5.10 Å². The molecule has 0 atom stereocenters. The minimum atomic E-state index is -0.320. The van der Waals surface area contributed by atoms with Gasteiger partial charge in [-0.25, -0.2) is 0 Å². The van der Waals surface area contributed by atoms with Crippen molar-refractivity contribution in [3.63, 3.8) is 0 Å². The van der Waals surface area contributed by atoms with Crippen LogP contribution in [0.4, 0.5) is 5.69 Å². The second kappa shape index (κ2) is 10.9.